The van der Waals surface area contributed by atoms with Gasteiger partial charge in [-0.15, -0.1) is 11.3 Å². The Hall–Kier alpha value is -0.910. The molecule has 2 rings (SSSR count). The minimum atomic E-state index is -0.207. The standard InChI is InChI=1S/C12H10BrClN2OS/c1-6-3-8(4-15-11(6)13)16-12(17)10-9(14)7(2)5-18-10/h3-5H,1-2H3,(H,16,17). The highest BCUT2D eigenvalue weighted by atomic mass is 79.9. The Kier molecular flexibility index (Phi) is 4.04. The maximum Gasteiger partial charge on any atom is 0.267 e. The Labute approximate surface area is 122 Å². The van der Waals surface area contributed by atoms with Gasteiger partial charge in [-0.05, 0) is 52.4 Å². The lowest BCUT2D eigenvalue weighted by atomic mass is 10.3. The Morgan fingerprint density at radius 1 is 1.44 bits per heavy atom. The van der Waals surface area contributed by atoms with Crippen LogP contribution in [0.4, 0.5) is 5.69 Å². The highest BCUT2D eigenvalue weighted by Crippen LogP contribution is 2.28. The van der Waals surface area contributed by atoms with Crippen LogP contribution >= 0.6 is 38.9 Å². The van der Waals surface area contributed by atoms with Gasteiger partial charge in [0, 0.05) is 0 Å². The van der Waals surface area contributed by atoms with E-state index in [1.54, 1.807) is 6.20 Å². The normalized spacial score (nSPS) is 10.4. The number of pyridine rings is 1. The average molecular weight is 346 g/mol. The molecule has 0 saturated heterocycles. The van der Waals surface area contributed by atoms with Gasteiger partial charge in [0.15, 0.2) is 0 Å². The van der Waals surface area contributed by atoms with Crippen LogP contribution in [0.15, 0.2) is 22.2 Å². The number of aromatic nitrogens is 1. The van der Waals surface area contributed by atoms with E-state index in [2.05, 4.69) is 26.2 Å². The zero-order valence-corrected chi connectivity index (χ0v) is 12.9. The highest BCUT2D eigenvalue weighted by Gasteiger charge is 2.15. The van der Waals surface area contributed by atoms with E-state index in [1.807, 2.05) is 25.3 Å². The summed E-state index contributed by atoms with van der Waals surface area (Å²) in [6.45, 7) is 3.79. The second-order valence-electron chi connectivity index (χ2n) is 3.85. The summed E-state index contributed by atoms with van der Waals surface area (Å²) in [6.07, 6.45) is 1.60. The molecule has 0 aliphatic heterocycles. The number of hydrogen-bond acceptors (Lipinski definition) is 3. The molecular weight excluding hydrogens is 336 g/mol. The molecule has 0 radical (unpaired) electrons. The first-order valence-electron chi connectivity index (χ1n) is 5.16. The van der Waals surface area contributed by atoms with Crippen LogP contribution in [0.25, 0.3) is 0 Å². The van der Waals surface area contributed by atoms with E-state index in [9.17, 15) is 4.79 Å². The molecule has 6 heteroatoms. The Balaban J connectivity index is 2.21. The van der Waals surface area contributed by atoms with Crippen LogP contribution in [-0.2, 0) is 0 Å². The lowest BCUT2D eigenvalue weighted by Gasteiger charge is -2.05. The lowest BCUT2D eigenvalue weighted by molar-refractivity contribution is 0.103. The maximum absolute atomic E-state index is 12.0. The molecule has 0 spiro atoms. The molecule has 0 fully saturated rings. The summed E-state index contributed by atoms with van der Waals surface area (Å²) in [5.74, 6) is -0.207. The first kappa shape index (κ1) is 13.5. The van der Waals surface area contributed by atoms with E-state index in [4.69, 9.17) is 11.6 Å². The van der Waals surface area contributed by atoms with Gasteiger partial charge in [0.05, 0.1) is 16.9 Å². The molecule has 2 aromatic rings. The van der Waals surface area contributed by atoms with Crippen LogP contribution in [0.5, 0.6) is 0 Å². The summed E-state index contributed by atoms with van der Waals surface area (Å²) in [4.78, 5) is 16.7. The van der Waals surface area contributed by atoms with Crippen molar-refractivity contribution in [2.75, 3.05) is 5.32 Å². The fraction of sp³-hybridized carbons (Fsp3) is 0.167. The molecule has 94 valence electrons. The van der Waals surface area contributed by atoms with Gasteiger partial charge in [0.25, 0.3) is 5.91 Å². The minimum absolute atomic E-state index is 0.207. The lowest BCUT2D eigenvalue weighted by Crippen LogP contribution is -2.11. The summed E-state index contributed by atoms with van der Waals surface area (Å²) in [5.41, 5.74) is 2.53. The monoisotopic (exact) mass is 344 g/mol. The molecule has 18 heavy (non-hydrogen) atoms. The zero-order chi connectivity index (χ0) is 13.3. The molecule has 3 nitrogen and oxygen atoms in total. The van der Waals surface area contributed by atoms with Crippen molar-refractivity contribution in [3.8, 4) is 0 Å². The smallest absolute Gasteiger partial charge is 0.267 e. The summed E-state index contributed by atoms with van der Waals surface area (Å²) in [6, 6.07) is 1.85. The second-order valence-corrected chi connectivity index (χ2v) is 5.86. The third-order valence-corrected chi connectivity index (χ3v) is 4.90. The molecule has 0 aromatic carbocycles. The number of carbonyl (C=O) groups is 1. The van der Waals surface area contributed by atoms with E-state index >= 15 is 0 Å². The second kappa shape index (κ2) is 5.38. The van der Waals surface area contributed by atoms with Gasteiger partial charge in [0.1, 0.15) is 9.48 Å². The number of rotatable bonds is 2. The third-order valence-electron chi connectivity index (χ3n) is 2.38. The number of nitrogens with one attached hydrogen (secondary N) is 1. The van der Waals surface area contributed by atoms with Gasteiger partial charge in [-0.3, -0.25) is 4.79 Å². The number of anilines is 1. The van der Waals surface area contributed by atoms with Gasteiger partial charge < -0.3 is 5.32 Å². The maximum atomic E-state index is 12.0. The van der Waals surface area contributed by atoms with Gasteiger partial charge >= 0.3 is 0 Å². The number of halogens is 2. The third kappa shape index (κ3) is 2.74. The van der Waals surface area contributed by atoms with Gasteiger partial charge in [-0.25, -0.2) is 4.98 Å². The number of thiophene rings is 1. The molecule has 2 heterocycles. The predicted octanol–water partition coefficient (Wildman–Crippen LogP) is 4.43. The summed E-state index contributed by atoms with van der Waals surface area (Å²) in [5, 5.41) is 5.16. The van der Waals surface area contributed by atoms with Gasteiger partial charge in [-0.1, -0.05) is 11.6 Å². The van der Waals surface area contributed by atoms with E-state index in [1.165, 1.54) is 11.3 Å². The van der Waals surface area contributed by atoms with Crippen molar-refractivity contribution in [1.29, 1.82) is 0 Å². The molecule has 0 aliphatic carbocycles. The quantitative estimate of drug-likeness (QED) is 0.818. The fourth-order valence-corrected chi connectivity index (χ4v) is 2.79. The molecular formula is C12H10BrClN2OS. The largest absolute Gasteiger partial charge is 0.320 e. The summed E-state index contributed by atoms with van der Waals surface area (Å²) in [7, 11) is 0. The number of carbonyl (C=O) groups excluding carboxylic acids is 1. The Morgan fingerprint density at radius 3 is 2.72 bits per heavy atom. The number of nitrogens with zero attached hydrogens (tertiary/aromatic N) is 1. The molecule has 1 N–H and O–H groups in total. The zero-order valence-electron chi connectivity index (χ0n) is 9.75. The average Bonchev–Trinajstić information content (AvgIpc) is 2.65. The van der Waals surface area contributed by atoms with Crippen molar-refractivity contribution in [3.63, 3.8) is 0 Å². The topological polar surface area (TPSA) is 42.0 Å². The van der Waals surface area contributed by atoms with Crippen LogP contribution in [-0.4, -0.2) is 10.9 Å². The first-order valence-corrected chi connectivity index (χ1v) is 7.21. The van der Waals surface area contributed by atoms with E-state index in [0.717, 1.165) is 15.7 Å². The van der Waals surface area contributed by atoms with Crippen LogP contribution in [0.1, 0.15) is 20.8 Å². The van der Waals surface area contributed by atoms with Crippen LogP contribution in [0.3, 0.4) is 0 Å². The first-order chi connectivity index (χ1) is 8.49. The molecule has 0 aliphatic rings. The molecule has 1 amide bonds. The van der Waals surface area contributed by atoms with Crippen molar-refractivity contribution in [2.45, 2.75) is 13.8 Å². The SMILES string of the molecule is Cc1cc(NC(=O)c2scc(C)c2Cl)cnc1Br. The van der Waals surface area contributed by atoms with E-state index in [0.29, 0.717) is 15.6 Å². The molecule has 0 saturated carbocycles. The Bertz CT molecular complexity index is 612. The van der Waals surface area contributed by atoms with Gasteiger partial charge in [0.2, 0.25) is 0 Å². The number of hydrogen-bond donors (Lipinski definition) is 1. The minimum Gasteiger partial charge on any atom is -0.320 e. The summed E-state index contributed by atoms with van der Waals surface area (Å²) < 4.78 is 0.769. The Morgan fingerprint density at radius 2 is 2.17 bits per heavy atom. The number of aryl methyl sites for hydroxylation is 2. The highest BCUT2D eigenvalue weighted by molar-refractivity contribution is 9.10. The fourth-order valence-electron chi connectivity index (χ4n) is 1.40. The van der Waals surface area contributed by atoms with E-state index < -0.39 is 0 Å². The molecule has 2 aromatic heterocycles. The van der Waals surface area contributed by atoms with Crippen molar-refractivity contribution >= 4 is 50.5 Å². The van der Waals surface area contributed by atoms with Crippen LogP contribution in [0.2, 0.25) is 5.02 Å². The van der Waals surface area contributed by atoms with Crippen molar-refractivity contribution in [1.82, 2.24) is 4.98 Å². The molecule has 0 unspecified atom stereocenters. The summed E-state index contributed by atoms with van der Waals surface area (Å²) >= 11 is 10.7. The van der Waals surface area contributed by atoms with Crippen molar-refractivity contribution < 1.29 is 4.79 Å². The molecule has 0 bridgehead atoms. The predicted molar refractivity (Wildman–Crippen MR) is 78.7 cm³/mol. The number of amides is 1. The van der Waals surface area contributed by atoms with Crippen molar-refractivity contribution in [3.05, 3.63) is 43.3 Å². The van der Waals surface area contributed by atoms with Gasteiger partial charge in [-0.2, -0.15) is 0 Å². The van der Waals surface area contributed by atoms with Crippen LogP contribution < -0.4 is 5.32 Å². The van der Waals surface area contributed by atoms with E-state index in [-0.39, 0.29) is 5.91 Å². The van der Waals surface area contributed by atoms with Crippen LogP contribution in [0, 0.1) is 13.8 Å². The molecule has 0 atom stereocenters. The van der Waals surface area contributed by atoms with Crippen molar-refractivity contribution in [2.24, 2.45) is 0 Å².